The van der Waals surface area contributed by atoms with E-state index in [4.69, 9.17) is 4.74 Å². The standard InChI is InChI=1S/C23H26N6O4/c30-21(16-3-4-19-20(12-16)26-27-25-19)24-13-18-15-28(9-5-23(18)6-10-33-11-7-23)22(31)17-2-1-8-29(32)14-17/h1-4,8,12,14,18H,5-7,9-11,13,15H2,(H,24,30)(H,25,26,27). The van der Waals surface area contributed by atoms with E-state index < -0.39 is 0 Å². The van der Waals surface area contributed by atoms with Gasteiger partial charge in [-0.2, -0.15) is 20.1 Å². The van der Waals surface area contributed by atoms with Crippen molar-refractivity contribution in [3.63, 3.8) is 0 Å². The number of pyridine rings is 1. The molecular formula is C23H26N6O4. The van der Waals surface area contributed by atoms with Gasteiger partial charge < -0.3 is 20.2 Å². The number of nitrogens with zero attached hydrogens (tertiary/aromatic N) is 4. The molecule has 1 aromatic carbocycles. The molecule has 10 nitrogen and oxygen atoms in total. The molecule has 2 aliphatic heterocycles. The van der Waals surface area contributed by atoms with Crippen LogP contribution < -0.4 is 10.0 Å². The Balaban J connectivity index is 1.32. The maximum Gasteiger partial charge on any atom is 0.259 e. The summed E-state index contributed by atoms with van der Waals surface area (Å²) >= 11 is 0. The van der Waals surface area contributed by atoms with Gasteiger partial charge in [-0.1, -0.05) is 0 Å². The molecule has 1 atom stereocenters. The minimum absolute atomic E-state index is 0.0213. The zero-order valence-corrected chi connectivity index (χ0v) is 18.2. The topological polar surface area (TPSA) is 127 Å². The molecule has 1 unspecified atom stereocenters. The number of likely N-dealkylation sites (tertiary alicyclic amines) is 1. The number of amides is 2. The van der Waals surface area contributed by atoms with E-state index in [1.807, 2.05) is 0 Å². The number of nitrogens with one attached hydrogen (secondary N) is 2. The number of ether oxygens (including phenoxy) is 1. The lowest BCUT2D eigenvalue weighted by Crippen LogP contribution is -2.54. The van der Waals surface area contributed by atoms with Gasteiger partial charge in [-0.15, -0.1) is 0 Å². The van der Waals surface area contributed by atoms with Gasteiger partial charge in [0.05, 0.1) is 0 Å². The molecule has 33 heavy (non-hydrogen) atoms. The highest BCUT2D eigenvalue weighted by atomic mass is 16.5. The van der Waals surface area contributed by atoms with Crippen LogP contribution >= 0.6 is 0 Å². The molecule has 0 saturated carbocycles. The van der Waals surface area contributed by atoms with Crippen LogP contribution in [0.2, 0.25) is 0 Å². The second-order valence-corrected chi connectivity index (χ2v) is 8.86. The third-order valence-corrected chi connectivity index (χ3v) is 7.07. The number of aromatic nitrogens is 4. The first-order valence-corrected chi connectivity index (χ1v) is 11.2. The van der Waals surface area contributed by atoms with E-state index in [9.17, 15) is 14.8 Å². The van der Waals surface area contributed by atoms with Gasteiger partial charge in [-0.05, 0) is 54.9 Å². The van der Waals surface area contributed by atoms with Gasteiger partial charge in [0.25, 0.3) is 11.8 Å². The number of rotatable bonds is 4. The summed E-state index contributed by atoms with van der Waals surface area (Å²) in [5, 5.41) is 25.3. The monoisotopic (exact) mass is 450 g/mol. The molecular weight excluding hydrogens is 424 g/mol. The van der Waals surface area contributed by atoms with Crippen LogP contribution in [-0.4, -0.2) is 65.0 Å². The Labute approximate surface area is 190 Å². The Hall–Kier alpha value is -3.53. The van der Waals surface area contributed by atoms with Crippen molar-refractivity contribution >= 4 is 22.8 Å². The molecule has 2 aliphatic rings. The Morgan fingerprint density at radius 3 is 2.82 bits per heavy atom. The predicted octanol–water partition coefficient (Wildman–Crippen LogP) is 1.28. The van der Waals surface area contributed by atoms with Gasteiger partial charge in [0.1, 0.15) is 16.6 Å². The fourth-order valence-electron chi connectivity index (χ4n) is 5.08. The highest BCUT2D eigenvalue weighted by Gasteiger charge is 2.45. The highest BCUT2D eigenvalue weighted by molar-refractivity contribution is 5.97. The maximum absolute atomic E-state index is 13.1. The van der Waals surface area contributed by atoms with Crippen LogP contribution in [0.4, 0.5) is 0 Å². The summed E-state index contributed by atoms with van der Waals surface area (Å²) in [6.07, 6.45) is 5.33. The fourth-order valence-corrected chi connectivity index (χ4v) is 5.08. The summed E-state index contributed by atoms with van der Waals surface area (Å²) in [5.74, 6) is -0.252. The Morgan fingerprint density at radius 1 is 1.18 bits per heavy atom. The van der Waals surface area contributed by atoms with E-state index in [0.717, 1.165) is 19.3 Å². The first-order valence-electron chi connectivity index (χ1n) is 11.2. The summed E-state index contributed by atoms with van der Waals surface area (Å²) in [6.45, 7) is 2.98. The molecule has 0 radical (unpaired) electrons. The van der Waals surface area contributed by atoms with E-state index >= 15 is 0 Å². The minimum atomic E-state index is -0.180. The summed E-state index contributed by atoms with van der Waals surface area (Å²) in [6, 6.07) is 8.44. The first-order chi connectivity index (χ1) is 16.0. The van der Waals surface area contributed by atoms with Crippen LogP contribution in [0, 0.1) is 16.5 Å². The number of piperidine rings is 1. The molecule has 2 fully saturated rings. The normalized spacial score (nSPS) is 20.1. The maximum atomic E-state index is 13.1. The van der Waals surface area contributed by atoms with Crippen LogP contribution in [0.25, 0.3) is 11.0 Å². The molecule has 0 bridgehead atoms. The van der Waals surface area contributed by atoms with Crippen molar-refractivity contribution in [2.75, 3.05) is 32.8 Å². The zero-order chi connectivity index (χ0) is 22.8. The minimum Gasteiger partial charge on any atom is -0.619 e. The number of aromatic amines is 1. The average molecular weight is 450 g/mol. The molecule has 4 heterocycles. The van der Waals surface area contributed by atoms with Gasteiger partial charge in [0, 0.05) is 44.5 Å². The molecule has 1 spiro atoms. The first kappa shape index (κ1) is 21.3. The molecule has 2 aromatic heterocycles. The zero-order valence-electron chi connectivity index (χ0n) is 18.2. The highest BCUT2D eigenvalue weighted by Crippen LogP contribution is 2.44. The van der Waals surface area contributed by atoms with Crippen LogP contribution in [0.5, 0.6) is 0 Å². The molecule has 10 heteroatoms. The van der Waals surface area contributed by atoms with Crippen molar-refractivity contribution in [3.8, 4) is 0 Å². The number of fused-ring (bicyclic) bond motifs is 1. The number of hydrogen-bond donors (Lipinski definition) is 2. The van der Waals surface area contributed by atoms with Crippen molar-refractivity contribution in [1.82, 2.24) is 25.6 Å². The summed E-state index contributed by atoms with van der Waals surface area (Å²) in [7, 11) is 0. The summed E-state index contributed by atoms with van der Waals surface area (Å²) in [5.41, 5.74) is 2.25. The SMILES string of the molecule is O=C(NCC1CN(C(=O)c2ccc[n+]([O-])c2)CCC12CCOCC2)c1ccc2n[nH]nc2c1. The van der Waals surface area contributed by atoms with Crippen molar-refractivity contribution in [2.24, 2.45) is 11.3 Å². The lowest BCUT2D eigenvalue weighted by Gasteiger charge is -2.50. The van der Waals surface area contributed by atoms with Gasteiger partial charge in [0.2, 0.25) is 0 Å². The smallest absolute Gasteiger partial charge is 0.259 e. The van der Waals surface area contributed by atoms with Crippen LogP contribution in [0.1, 0.15) is 40.0 Å². The summed E-state index contributed by atoms with van der Waals surface area (Å²) in [4.78, 5) is 27.8. The van der Waals surface area contributed by atoms with Gasteiger partial charge in [0.15, 0.2) is 12.4 Å². The second-order valence-electron chi connectivity index (χ2n) is 8.86. The fraction of sp³-hybridized carbons (Fsp3) is 0.435. The van der Waals surface area contributed by atoms with Crippen LogP contribution in [0.15, 0.2) is 42.7 Å². The largest absolute Gasteiger partial charge is 0.619 e. The van der Waals surface area contributed by atoms with Crippen molar-refractivity contribution in [3.05, 3.63) is 59.1 Å². The van der Waals surface area contributed by atoms with E-state index in [1.54, 1.807) is 35.2 Å². The number of carbonyl (C=O) groups excluding carboxylic acids is 2. The quantitative estimate of drug-likeness (QED) is 0.455. The molecule has 5 rings (SSSR count). The molecule has 3 aromatic rings. The lowest BCUT2D eigenvalue weighted by molar-refractivity contribution is -0.605. The third kappa shape index (κ3) is 4.25. The van der Waals surface area contributed by atoms with Crippen LogP contribution in [-0.2, 0) is 4.74 Å². The molecule has 0 aliphatic carbocycles. The van der Waals surface area contributed by atoms with Crippen molar-refractivity contribution < 1.29 is 19.1 Å². The number of benzene rings is 1. The third-order valence-electron chi connectivity index (χ3n) is 7.07. The van der Waals surface area contributed by atoms with Crippen molar-refractivity contribution in [1.29, 1.82) is 0 Å². The van der Waals surface area contributed by atoms with E-state index in [2.05, 4.69) is 20.7 Å². The number of hydrogen-bond acceptors (Lipinski definition) is 6. The number of H-pyrrole nitrogens is 1. The number of carbonyl (C=O) groups is 2. The van der Waals surface area contributed by atoms with Crippen LogP contribution in [0.3, 0.4) is 0 Å². The molecule has 2 saturated heterocycles. The Bertz CT molecular complexity index is 1170. The molecule has 2 N–H and O–H groups in total. The van der Waals surface area contributed by atoms with E-state index in [1.165, 1.54) is 12.4 Å². The predicted molar refractivity (Wildman–Crippen MR) is 118 cm³/mol. The van der Waals surface area contributed by atoms with Crippen molar-refractivity contribution in [2.45, 2.75) is 19.3 Å². The van der Waals surface area contributed by atoms with Gasteiger partial charge in [-0.25, -0.2) is 0 Å². The molecule has 172 valence electrons. The lowest BCUT2D eigenvalue weighted by atomic mass is 9.65. The average Bonchev–Trinajstić information content (AvgIpc) is 3.31. The Morgan fingerprint density at radius 2 is 2.00 bits per heavy atom. The van der Waals surface area contributed by atoms with E-state index in [-0.39, 0.29) is 23.1 Å². The van der Waals surface area contributed by atoms with Gasteiger partial charge in [-0.3, -0.25) is 9.59 Å². The molecule has 2 amide bonds. The Kier molecular flexibility index (Phi) is 5.67. The summed E-state index contributed by atoms with van der Waals surface area (Å²) < 4.78 is 6.25. The second kappa shape index (κ2) is 8.78. The van der Waals surface area contributed by atoms with Gasteiger partial charge >= 0.3 is 0 Å². The van der Waals surface area contributed by atoms with E-state index in [0.29, 0.717) is 59.7 Å².